The monoisotopic (exact) mass is 152 g/mol. The molecule has 1 atom stereocenters. The van der Waals surface area contributed by atoms with Crippen molar-refractivity contribution in [3.63, 3.8) is 0 Å². The molecule has 1 unspecified atom stereocenters. The van der Waals surface area contributed by atoms with Crippen LogP contribution in [0.15, 0.2) is 12.7 Å². The van der Waals surface area contributed by atoms with Crippen molar-refractivity contribution in [3.8, 4) is 0 Å². The summed E-state index contributed by atoms with van der Waals surface area (Å²) in [6.45, 7) is 2.97. The molecule has 0 bridgehead atoms. The first-order valence-electron chi connectivity index (χ1n) is 1.64. The topological polar surface area (TPSA) is 0 Å². The maximum Gasteiger partial charge on any atom is 0.105 e. The van der Waals surface area contributed by atoms with Gasteiger partial charge in [-0.1, -0.05) is 22.0 Å². The van der Waals surface area contributed by atoms with Gasteiger partial charge in [-0.2, -0.15) is 0 Å². The largest absolute Gasteiger partial charge is 0.250 e. The molecule has 6 heavy (non-hydrogen) atoms. The SMILES string of the molecule is C=CC(Br)CF. The highest BCUT2D eigenvalue weighted by Crippen LogP contribution is 1.98. The van der Waals surface area contributed by atoms with E-state index in [1.165, 1.54) is 6.08 Å². The summed E-state index contributed by atoms with van der Waals surface area (Å²) in [4.78, 5) is -0.155. The first-order valence-corrected chi connectivity index (χ1v) is 2.55. The van der Waals surface area contributed by atoms with Gasteiger partial charge >= 0.3 is 0 Å². The minimum absolute atomic E-state index is 0.155. The molecule has 36 valence electrons. The smallest absolute Gasteiger partial charge is 0.105 e. The molecule has 0 aromatic rings. The van der Waals surface area contributed by atoms with Crippen LogP contribution in [-0.4, -0.2) is 11.5 Å². The van der Waals surface area contributed by atoms with Gasteiger partial charge in [0, 0.05) is 0 Å². The summed E-state index contributed by atoms with van der Waals surface area (Å²) >= 11 is 2.98. The maximum absolute atomic E-state index is 11.3. The van der Waals surface area contributed by atoms with Gasteiger partial charge in [-0.3, -0.25) is 0 Å². The van der Waals surface area contributed by atoms with Crippen LogP contribution in [0.5, 0.6) is 0 Å². The first kappa shape index (κ1) is 6.15. The highest BCUT2D eigenvalue weighted by atomic mass is 79.9. The fourth-order valence-electron chi connectivity index (χ4n) is 0.0630. The second-order valence-corrected chi connectivity index (χ2v) is 2.08. The number of halogens is 2. The van der Waals surface area contributed by atoms with Crippen molar-refractivity contribution in [2.45, 2.75) is 4.83 Å². The Bertz CT molecular complexity index is 44.8. The lowest BCUT2D eigenvalue weighted by molar-refractivity contribution is 0.510. The summed E-state index contributed by atoms with van der Waals surface area (Å²) in [5.74, 6) is 0. The zero-order valence-electron chi connectivity index (χ0n) is 3.32. The van der Waals surface area contributed by atoms with Crippen LogP contribution in [0.2, 0.25) is 0 Å². The van der Waals surface area contributed by atoms with Crippen LogP contribution < -0.4 is 0 Å². The molecule has 0 radical (unpaired) electrons. The van der Waals surface area contributed by atoms with E-state index in [0.29, 0.717) is 0 Å². The summed E-state index contributed by atoms with van der Waals surface area (Å²) in [5.41, 5.74) is 0. The number of hydrogen-bond donors (Lipinski definition) is 0. The van der Waals surface area contributed by atoms with Crippen molar-refractivity contribution >= 4 is 15.9 Å². The van der Waals surface area contributed by atoms with Gasteiger partial charge in [-0.15, -0.1) is 6.58 Å². The van der Waals surface area contributed by atoms with E-state index in [9.17, 15) is 4.39 Å². The Balaban J connectivity index is 2.96. The zero-order valence-corrected chi connectivity index (χ0v) is 4.91. The average molecular weight is 153 g/mol. The van der Waals surface area contributed by atoms with Gasteiger partial charge in [-0.25, -0.2) is 4.39 Å². The Morgan fingerprint density at radius 2 is 2.50 bits per heavy atom. The lowest BCUT2D eigenvalue weighted by atomic mass is 10.5. The van der Waals surface area contributed by atoms with Gasteiger partial charge < -0.3 is 0 Å². The highest BCUT2D eigenvalue weighted by molar-refractivity contribution is 9.09. The van der Waals surface area contributed by atoms with E-state index in [1.807, 2.05) is 0 Å². The van der Waals surface area contributed by atoms with E-state index < -0.39 is 0 Å². The normalized spacial score (nSPS) is 13.7. The minimum atomic E-state index is -0.372. The van der Waals surface area contributed by atoms with Gasteiger partial charge in [0.25, 0.3) is 0 Å². The van der Waals surface area contributed by atoms with Crippen LogP contribution >= 0.6 is 15.9 Å². The van der Waals surface area contributed by atoms with Crippen molar-refractivity contribution in [1.82, 2.24) is 0 Å². The van der Waals surface area contributed by atoms with Crippen LogP contribution in [0.1, 0.15) is 0 Å². The lowest BCUT2D eigenvalue weighted by Crippen LogP contribution is -1.90. The first-order chi connectivity index (χ1) is 2.81. The molecular formula is C4H6BrF. The van der Waals surface area contributed by atoms with Crippen molar-refractivity contribution < 1.29 is 4.39 Å². The molecule has 0 saturated heterocycles. The van der Waals surface area contributed by atoms with Crippen molar-refractivity contribution in [2.24, 2.45) is 0 Å². The molecule has 0 aliphatic carbocycles. The Kier molecular flexibility index (Phi) is 3.43. The molecule has 0 rings (SSSR count). The van der Waals surface area contributed by atoms with Crippen LogP contribution in [0.4, 0.5) is 4.39 Å². The van der Waals surface area contributed by atoms with Crippen LogP contribution in [0.25, 0.3) is 0 Å². The van der Waals surface area contributed by atoms with Crippen LogP contribution in [-0.2, 0) is 0 Å². The van der Waals surface area contributed by atoms with E-state index in [0.717, 1.165) is 0 Å². The van der Waals surface area contributed by atoms with Gasteiger partial charge in [0.05, 0.1) is 4.83 Å². The molecule has 0 aliphatic heterocycles. The van der Waals surface area contributed by atoms with E-state index in [2.05, 4.69) is 22.5 Å². The lowest BCUT2D eigenvalue weighted by Gasteiger charge is -1.88. The Hall–Kier alpha value is 0.150. The van der Waals surface area contributed by atoms with Gasteiger partial charge in [0.2, 0.25) is 0 Å². The third-order valence-corrected chi connectivity index (χ3v) is 1.02. The molecule has 0 saturated carbocycles. The molecular weight excluding hydrogens is 147 g/mol. The highest BCUT2D eigenvalue weighted by Gasteiger charge is 1.90. The molecule has 0 fully saturated rings. The molecule has 0 amide bonds. The number of rotatable bonds is 2. The molecule has 0 aliphatic rings. The third-order valence-electron chi connectivity index (χ3n) is 0.403. The molecule has 0 N–H and O–H groups in total. The molecule has 0 spiro atoms. The Morgan fingerprint density at radius 1 is 2.00 bits per heavy atom. The molecule has 0 aromatic carbocycles. The summed E-state index contributed by atoms with van der Waals surface area (Å²) in [6.07, 6.45) is 1.51. The van der Waals surface area contributed by atoms with Gasteiger partial charge in [-0.05, 0) is 0 Å². The molecule has 0 heterocycles. The van der Waals surface area contributed by atoms with E-state index in [-0.39, 0.29) is 11.5 Å². The van der Waals surface area contributed by atoms with Crippen LogP contribution in [0, 0.1) is 0 Å². The molecule has 2 heteroatoms. The van der Waals surface area contributed by atoms with E-state index >= 15 is 0 Å². The summed E-state index contributed by atoms with van der Waals surface area (Å²) < 4.78 is 11.3. The summed E-state index contributed by atoms with van der Waals surface area (Å²) in [7, 11) is 0. The fourth-order valence-corrected chi connectivity index (χ4v) is 0.0630. The number of alkyl halides is 2. The van der Waals surface area contributed by atoms with E-state index in [4.69, 9.17) is 0 Å². The molecule has 0 aromatic heterocycles. The summed E-state index contributed by atoms with van der Waals surface area (Å²) in [5, 5.41) is 0. The second-order valence-electron chi connectivity index (χ2n) is 0.906. The van der Waals surface area contributed by atoms with Crippen molar-refractivity contribution in [1.29, 1.82) is 0 Å². The number of hydrogen-bond acceptors (Lipinski definition) is 0. The molecule has 0 nitrogen and oxygen atoms in total. The van der Waals surface area contributed by atoms with Gasteiger partial charge in [0.1, 0.15) is 6.67 Å². The quantitative estimate of drug-likeness (QED) is 0.419. The minimum Gasteiger partial charge on any atom is -0.250 e. The second kappa shape index (κ2) is 3.34. The van der Waals surface area contributed by atoms with Crippen molar-refractivity contribution in [2.75, 3.05) is 6.67 Å². The maximum atomic E-state index is 11.3. The average Bonchev–Trinajstić information content (AvgIpc) is 1.65. The predicted octanol–water partition coefficient (Wildman–Crippen LogP) is 1.91. The number of allylic oxidation sites excluding steroid dienone is 1. The fraction of sp³-hybridized carbons (Fsp3) is 0.500. The van der Waals surface area contributed by atoms with Crippen molar-refractivity contribution in [3.05, 3.63) is 12.7 Å². The summed E-state index contributed by atoms with van der Waals surface area (Å²) in [6, 6.07) is 0. The van der Waals surface area contributed by atoms with Gasteiger partial charge in [0.15, 0.2) is 0 Å². The zero-order chi connectivity index (χ0) is 4.99. The van der Waals surface area contributed by atoms with E-state index in [1.54, 1.807) is 0 Å². The predicted molar refractivity (Wildman–Crippen MR) is 28.9 cm³/mol. The Morgan fingerprint density at radius 3 is 2.50 bits per heavy atom. The van der Waals surface area contributed by atoms with Crippen LogP contribution in [0.3, 0.4) is 0 Å². The Labute approximate surface area is 45.2 Å². The standard InChI is InChI=1S/C4H6BrF/c1-2-4(5)3-6/h2,4H,1,3H2. The third kappa shape index (κ3) is 2.39.